The third kappa shape index (κ3) is 4.13. The zero-order valence-electron chi connectivity index (χ0n) is 15.4. The van der Waals surface area contributed by atoms with Gasteiger partial charge < -0.3 is 28.6 Å². The number of phenolic OH excluding ortho intramolecular Hbond substituents is 1. The summed E-state index contributed by atoms with van der Waals surface area (Å²) in [7, 11) is 3.10. The van der Waals surface area contributed by atoms with E-state index in [1.54, 1.807) is 12.3 Å². The van der Waals surface area contributed by atoms with Crippen molar-refractivity contribution in [1.82, 2.24) is 4.57 Å². The lowest BCUT2D eigenvalue weighted by atomic mass is 10.0. The fraction of sp³-hybridized carbons (Fsp3) is 0.444. The topological polar surface area (TPSA) is 96.2 Å². The van der Waals surface area contributed by atoms with Crippen molar-refractivity contribution in [2.45, 2.75) is 38.3 Å². The van der Waals surface area contributed by atoms with Crippen LogP contribution in [0, 0.1) is 0 Å². The average Bonchev–Trinajstić information content (AvgIpc) is 2.93. The van der Waals surface area contributed by atoms with Crippen LogP contribution in [0.4, 0.5) is 0 Å². The van der Waals surface area contributed by atoms with Gasteiger partial charge in [0.1, 0.15) is 17.6 Å². The second-order valence-corrected chi connectivity index (χ2v) is 8.06. The Morgan fingerprint density at radius 1 is 1.32 bits per heavy atom. The molecule has 2 aromatic rings. The number of aromatic nitrogens is 1. The van der Waals surface area contributed by atoms with Gasteiger partial charge in [0.2, 0.25) is 6.29 Å². The summed E-state index contributed by atoms with van der Waals surface area (Å²) in [6.07, 6.45) is -0.100. The Balaban J connectivity index is 1.92. The lowest BCUT2D eigenvalue weighted by Crippen LogP contribution is -2.44. The van der Waals surface area contributed by atoms with Crippen LogP contribution < -0.4 is 4.74 Å². The number of methoxy groups -OCH3 is 1. The lowest BCUT2D eigenvalue weighted by molar-refractivity contribution is -0.204. The fourth-order valence-corrected chi connectivity index (χ4v) is 4.48. The second-order valence-electron chi connectivity index (χ2n) is 6.42. The van der Waals surface area contributed by atoms with Crippen LogP contribution >= 0.6 is 31.9 Å². The highest BCUT2D eigenvalue weighted by molar-refractivity contribution is 9.11. The molecule has 1 aliphatic heterocycles. The zero-order valence-corrected chi connectivity index (χ0v) is 18.6. The molecule has 2 unspecified atom stereocenters. The predicted molar refractivity (Wildman–Crippen MR) is 106 cm³/mol. The molecule has 152 valence electrons. The highest BCUT2D eigenvalue weighted by atomic mass is 79.9. The minimum absolute atomic E-state index is 0.0401. The van der Waals surface area contributed by atoms with Crippen molar-refractivity contribution in [2.75, 3.05) is 7.11 Å². The summed E-state index contributed by atoms with van der Waals surface area (Å²) in [5.74, 6) is -0.523. The highest BCUT2D eigenvalue weighted by Crippen LogP contribution is 2.44. The van der Waals surface area contributed by atoms with Gasteiger partial charge >= 0.3 is 11.9 Å². The van der Waals surface area contributed by atoms with Crippen LogP contribution in [0.1, 0.15) is 19.8 Å². The van der Waals surface area contributed by atoms with E-state index in [1.807, 2.05) is 11.6 Å². The number of carbonyl (C=O) groups excluding carboxylic acids is 2. The predicted octanol–water partition coefficient (Wildman–Crippen LogP) is 3.40. The number of carbonyl (C=O) groups is 2. The Kier molecular flexibility index (Phi) is 6.21. The van der Waals surface area contributed by atoms with Gasteiger partial charge in [0.15, 0.2) is 6.10 Å². The van der Waals surface area contributed by atoms with E-state index in [1.165, 1.54) is 14.0 Å². The van der Waals surface area contributed by atoms with E-state index in [9.17, 15) is 14.7 Å². The van der Waals surface area contributed by atoms with E-state index in [4.69, 9.17) is 18.9 Å². The molecule has 3 rings (SSSR count). The van der Waals surface area contributed by atoms with Gasteiger partial charge in [0, 0.05) is 33.0 Å². The Morgan fingerprint density at radius 2 is 2.04 bits per heavy atom. The van der Waals surface area contributed by atoms with Crippen LogP contribution in [-0.4, -0.2) is 47.2 Å². The lowest BCUT2D eigenvalue weighted by Gasteiger charge is -2.33. The SMILES string of the molecule is COC(=O)[C@@H]1CC(OC(C)=O)CC(Oc2cn(C)c3cc(Br)c(O)c(Br)c23)O1. The molecular weight excluding hydrogens is 502 g/mol. The van der Waals surface area contributed by atoms with Gasteiger partial charge in [-0.3, -0.25) is 4.79 Å². The van der Waals surface area contributed by atoms with Gasteiger partial charge in [0.25, 0.3) is 0 Å². The van der Waals surface area contributed by atoms with Gasteiger partial charge in [-0.25, -0.2) is 4.79 Å². The molecule has 1 aromatic heterocycles. The van der Waals surface area contributed by atoms with Crippen molar-refractivity contribution in [1.29, 1.82) is 0 Å². The van der Waals surface area contributed by atoms with Crippen molar-refractivity contribution >= 4 is 54.7 Å². The number of aryl methyl sites for hydroxylation is 1. The van der Waals surface area contributed by atoms with Gasteiger partial charge in [-0.15, -0.1) is 0 Å². The summed E-state index contributed by atoms with van der Waals surface area (Å²) in [5.41, 5.74) is 0.809. The Morgan fingerprint density at radius 3 is 2.68 bits per heavy atom. The van der Waals surface area contributed by atoms with Crippen molar-refractivity contribution in [3.05, 3.63) is 21.2 Å². The number of rotatable bonds is 4. The van der Waals surface area contributed by atoms with Gasteiger partial charge in [-0.1, -0.05) is 0 Å². The van der Waals surface area contributed by atoms with Crippen molar-refractivity contribution in [3.63, 3.8) is 0 Å². The first-order chi connectivity index (χ1) is 13.2. The van der Waals surface area contributed by atoms with Crippen molar-refractivity contribution in [2.24, 2.45) is 7.05 Å². The largest absolute Gasteiger partial charge is 0.506 e. The maximum absolute atomic E-state index is 12.0. The number of nitrogens with zero attached hydrogens (tertiary/aromatic N) is 1. The van der Waals surface area contributed by atoms with Crippen LogP contribution in [0.3, 0.4) is 0 Å². The minimum atomic E-state index is -0.908. The summed E-state index contributed by atoms with van der Waals surface area (Å²) in [6, 6.07) is 1.77. The fourth-order valence-electron chi connectivity index (χ4n) is 3.18. The van der Waals surface area contributed by atoms with E-state index >= 15 is 0 Å². The zero-order chi connectivity index (χ0) is 20.6. The third-order valence-electron chi connectivity index (χ3n) is 4.41. The van der Waals surface area contributed by atoms with Crippen LogP contribution in [0.2, 0.25) is 0 Å². The summed E-state index contributed by atoms with van der Waals surface area (Å²) in [6.45, 7) is 1.31. The molecule has 3 atom stereocenters. The molecule has 0 saturated carbocycles. The number of esters is 2. The van der Waals surface area contributed by atoms with E-state index in [2.05, 4.69) is 31.9 Å². The molecular formula is C18H19Br2NO7. The minimum Gasteiger partial charge on any atom is -0.506 e. The molecule has 1 aliphatic rings. The summed E-state index contributed by atoms with van der Waals surface area (Å²) in [5, 5.41) is 10.9. The Hall–Kier alpha value is -1.78. The van der Waals surface area contributed by atoms with Crippen LogP contribution in [0.15, 0.2) is 21.2 Å². The number of halogens is 2. The van der Waals surface area contributed by atoms with Crippen LogP contribution in [0.25, 0.3) is 10.9 Å². The van der Waals surface area contributed by atoms with Crippen molar-refractivity contribution < 1.29 is 33.6 Å². The molecule has 8 nitrogen and oxygen atoms in total. The van der Waals surface area contributed by atoms with Crippen molar-refractivity contribution in [3.8, 4) is 11.5 Å². The summed E-state index contributed by atoms with van der Waals surface area (Å²) >= 11 is 6.71. The Labute approximate surface area is 177 Å². The van der Waals surface area contributed by atoms with Gasteiger partial charge in [-0.2, -0.15) is 0 Å². The standard InChI is InChI=1S/C18H19Br2NO7/c1-8(22)26-9-4-12(18(24)25-3)27-14(5-9)28-13-7-21(2)11-6-10(19)17(23)16(20)15(11)13/h6-7,9,12,14,23H,4-5H2,1-3H3/t9?,12-,14?/m0/s1. The molecule has 0 radical (unpaired) electrons. The van der Waals surface area contributed by atoms with Crippen LogP contribution in [-0.2, 0) is 30.8 Å². The monoisotopic (exact) mass is 519 g/mol. The number of aromatic hydroxyl groups is 1. The number of hydrogen-bond acceptors (Lipinski definition) is 7. The maximum Gasteiger partial charge on any atom is 0.335 e. The highest BCUT2D eigenvalue weighted by Gasteiger charge is 2.37. The smallest absolute Gasteiger partial charge is 0.335 e. The third-order valence-corrected chi connectivity index (χ3v) is 5.79. The van der Waals surface area contributed by atoms with Gasteiger partial charge in [0.05, 0.1) is 27.0 Å². The molecule has 1 fully saturated rings. The molecule has 0 bridgehead atoms. The van der Waals surface area contributed by atoms with Gasteiger partial charge in [-0.05, 0) is 37.9 Å². The van der Waals surface area contributed by atoms with E-state index in [0.29, 0.717) is 20.1 Å². The number of fused-ring (bicyclic) bond motifs is 1. The quantitative estimate of drug-likeness (QED) is 0.617. The molecule has 1 saturated heterocycles. The molecule has 10 heteroatoms. The first-order valence-electron chi connectivity index (χ1n) is 8.44. The number of ether oxygens (including phenoxy) is 4. The molecule has 0 spiro atoms. The van der Waals surface area contributed by atoms with E-state index in [-0.39, 0.29) is 18.6 Å². The number of hydrogen-bond donors (Lipinski definition) is 1. The van der Waals surface area contributed by atoms with E-state index in [0.717, 1.165) is 5.52 Å². The van der Waals surface area contributed by atoms with Crippen LogP contribution in [0.5, 0.6) is 11.5 Å². The normalized spacial score (nSPS) is 22.1. The molecule has 1 aromatic carbocycles. The molecule has 1 N–H and O–H groups in total. The van der Waals surface area contributed by atoms with E-state index < -0.39 is 30.4 Å². The summed E-state index contributed by atoms with van der Waals surface area (Å²) in [4.78, 5) is 23.3. The number of phenols is 1. The molecule has 2 heterocycles. The first kappa shape index (κ1) is 20.9. The summed E-state index contributed by atoms with van der Waals surface area (Å²) < 4.78 is 24.6. The maximum atomic E-state index is 12.0. The second kappa shape index (κ2) is 8.30. The average molecular weight is 521 g/mol. The molecule has 0 aliphatic carbocycles. The first-order valence-corrected chi connectivity index (χ1v) is 10.0. The Bertz CT molecular complexity index is 927. The molecule has 0 amide bonds. The number of benzene rings is 1. The molecule has 28 heavy (non-hydrogen) atoms.